The highest BCUT2D eigenvalue weighted by molar-refractivity contribution is 6.32. The van der Waals surface area contributed by atoms with Crippen LogP contribution < -0.4 is 4.74 Å². The van der Waals surface area contributed by atoms with Crippen molar-refractivity contribution in [3.63, 3.8) is 0 Å². The summed E-state index contributed by atoms with van der Waals surface area (Å²) in [5.41, 5.74) is -0.696. The van der Waals surface area contributed by atoms with Crippen LogP contribution in [0, 0.1) is 0 Å². The minimum atomic E-state index is -4.95. The van der Waals surface area contributed by atoms with E-state index in [9.17, 15) is 22.0 Å². The summed E-state index contributed by atoms with van der Waals surface area (Å²) in [4.78, 5) is 0. The standard InChI is InChI=1S/C8H4ClF5O/c9-6-4(7(10)11)2-1-3-5(6)15-8(12,13)14/h1-3,7H. The molecular weight excluding hydrogens is 243 g/mol. The van der Waals surface area contributed by atoms with E-state index < -0.39 is 29.1 Å². The second kappa shape index (κ2) is 4.22. The van der Waals surface area contributed by atoms with Gasteiger partial charge in [-0.1, -0.05) is 23.7 Å². The van der Waals surface area contributed by atoms with Gasteiger partial charge < -0.3 is 4.74 Å². The van der Waals surface area contributed by atoms with Gasteiger partial charge in [0.2, 0.25) is 0 Å². The summed E-state index contributed by atoms with van der Waals surface area (Å²) in [6.45, 7) is 0. The summed E-state index contributed by atoms with van der Waals surface area (Å²) in [6.07, 6.45) is -7.90. The smallest absolute Gasteiger partial charge is 0.404 e. The van der Waals surface area contributed by atoms with Gasteiger partial charge >= 0.3 is 6.36 Å². The van der Waals surface area contributed by atoms with Crippen LogP contribution in [0.1, 0.15) is 12.0 Å². The van der Waals surface area contributed by atoms with E-state index >= 15 is 0 Å². The fourth-order valence-electron chi connectivity index (χ4n) is 0.900. The van der Waals surface area contributed by atoms with E-state index in [1.807, 2.05) is 0 Å². The minimum Gasteiger partial charge on any atom is -0.404 e. The van der Waals surface area contributed by atoms with Crippen molar-refractivity contribution in [2.75, 3.05) is 0 Å². The minimum absolute atomic E-state index is 0.696. The van der Waals surface area contributed by atoms with Gasteiger partial charge in [0.15, 0.2) is 0 Å². The molecule has 0 bridgehead atoms. The maximum Gasteiger partial charge on any atom is 0.573 e. The van der Waals surface area contributed by atoms with Gasteiger partial charge in [-0.2, -0.15) is 0 Å². The fraction of sp³-hybridized carbons (Fsp3) is 0.250. The second-order valence-electron chi connectivity index (χ2n) is 2.51. The molecule has 0 saturated carbocycles. The van der Waals surface area contributed by atoms with Crippen molar-refractivity contribution in [2.24, 2.45) is 0 Å². The van der Waals surface area contributed by atoms with Crippen LogP contribution in [-0.4, -0.2) is 6.36 Å². The SMILES string of the molecule is FC(F)c1cccc(OC(F)(F)F)c1Cl. The van der Waals surface area contributed by atoms with Crippen LogP contribution in [0.4, 0.5) is 22.0 Å². The molecule has 0 fully saturated rings. The molecule has 0 unspecified atom stereocenters. The van der Waals surface area contributed by atoms with Crippen LogP contribution >= 0.6 is 11.6 Å². The number of rotatable bonds is 2. The van der Waals surface area contributed by atoms with Crippen molar-refractivity contribution in [1.29, 1.82) is 0 Å². The second-order valence-corrected chi connectivity index (χ2v) is 2.89. The normalized spacial score (nSPS) is 11.9. The molecule has 0 aliphatic rings. The quantitative estimate of drug-likeness (QED) is 0.712. The lowest BCUT2D eigenvalue weighted by Gasteiger charge is -2.12. The van der Waals surface area contributed by atoms with Crippen LogP contribution in [0.3, 0.4) is 0 Å². The van der Waals surface area contributed by atoms with Crippen LogP contribution in [0.2, 0.25) is 5.02 Å². The zero-order valence-corrected chi connectivity index (χ0v) is 7.74. The van der Waals surface area contributed by atoms with Crippen LogP contribution in [0.15, 0.2) is 18.2 Å². The van der Waals surface area contributed by atoms with Crippen molar-refractivity contribution in [3.05, 3.63) is 28.8 Å². The van der Waals surface area contributed by atoms with E-state index in [-0.39, 0.29) is 0 Å². The first-order valence-electron chi connectivity index (χ1n) is 3.63. The molecular formula is C8H4ClF5O. The van der Waals surface area contributed by atoms with Crippen LogP contribution in [0.25, 0.3) is 0 Å². The first-order chi connectivity index (χ1) is 6.81. The molecule has 0 N–H and O–H groups in total. The zero-order valence-electron chi connectivity index (χ0n) is 6.99. The predicted octanol–water partition coefficient (Wildman–Crippen LogP) is 4.18. The molecule has 0 saturated heterocycles. The summed E-state index contributed by atoms with van der Waals surface area (Å²) in [5.74, 6) is -0.832. The van der Waals surface area contributed by atoms with Gasteiger partial charge in [0.1, 0.15) is 5.75 Å². The highest BCUT2D eigenvalue weighted by Gasteiger charge is 2.32. The van der Waals surface area contributed by atoms with Gasteiger partial charge in [0.05, 0.1) is 5.02 Å². The molecule has 0 atom stereocenters. The maximum atomic E-state index is 12.2. The van der Waals surface area contributed by atoms with E-state index in [1.54, 1.807) is 0 Å². The molecule has 15 heavy (non-hydrogen) atoms. The van der Waals surface area contributed by atoms with E-state index in [4.69, 9.17) is 11.6 Å². The third kappa shape index (κ3) is 3.23. The lowest BCUT2D eigenvalue weighted by molar-refractivity contribution is -0.274. The number of halogens is 6. The Hall–Kier alpha value is -1.04. The fourth-order valence-corrected chi connectivity index (χ4v) is 1.15. The summed E-state index contributed by atoms with van der Waals surface area (Å²) in [5, 5.41) is -0.732. The van der Waals surface area contributed by atoms with E-state index in [0.29, 0.717) is 0 Å². The first-order valence-corrected chi connectivity index (χ1v) is 4.01. The predicted molar refractivity (Wildman–Crippen MR) is 43.1 cm³/mol. The Morgan fingerprint density at radius 1 is 1.20 bits per heavy atom. The van der Waals surface area contributed by atoms with E-state index in [0.717, 1.165) is 18.2 Å². The largest absolute Gasteiger partial charge is 0.573 e. The highest BCUT2D eigenvalue weighted by atomic mass is 35.5. The Kier molecular flexibility index (Phi) is 3.38. The highest BCUT2D eigenvalue weighted by Crippen LogP contribution is 2.36. The topological polar surface area (TPSA) is 9.23 Å². The molecule has 0 radical (unpaired) electrons. The molecule has 1 aromatic carbocycles. The molecule has 1 aromatic rings. The molecule has 0 heterocycles. The molecule has 0 aliphatic carbocycles. The Bertz CT molecular complexity index is 349. The van der Waals surface area contributed by atoms with Gasteiger partial charge in [-0.3, -0.25) is 0 Å². The van der Waals surface area contributed by atoms with Gasteiger partial charge in [-0.25, -0.2) is 8.78 Å². The molecule has 0 amide bonds. The van der Waals surface area contributed by atoms with Crippen LogP contribution in [0.5, 0.6) is 5.75 Å². The van der Waals surface area contributed by atoms with Gasteiger partial charge in [0, 0.05) is 5.56 Å². The Labute approximate surface area is 86.4 Å². The van der Waals surface area contributed by atoms with Gasteiger partial charge in [0.25, 0.3) is 6.43 Å². The van der Waals surface area contributed by atoms with Crippen molar-refractivity contribution in [3.8, 4) is 5.75 Å². The van der Waals surface area contributed by atoms with Crippen molar-refractivity contribution in [2.45, 2.75) is 12.8 Å². The molecule has 1 rings (SSSR count). The van der Waals surface area contributed by atoms with Crippen molar-refractivity contribution in [1.82, 2.24) is 0 Å². The molecule has 0 aromatic heterocycles. The third-order valence-corrected chi connectivity index (χ3v) is 1.86. The van der Waals surface area contributed by atoms with Crippen LogP contribution in [-0.2, 0) is 0 Å². The lowest BCUT2D eigenvalue weighted by atomic mass is 10.2. The molecule has 1 nitrogen and oxygen atoms in total. The molecule has 0 spiro atoms. The number of alkyl halides is 5. The number of hydrogen-bond acceptors (Lipinski definition) is 1. The summed E-state index contributed by atoms with van der Waals surface area (Å²) < 4.78 is 63.3. The average Bonchev–Trinajstić information content (AvgIpc) is 2.05. The van der Waals surface area contributed by atoms with E-state index in [1.165, 1.54) is 0 Å². The number of hydrogen-bond donors (Lipinski definition) is 0. The number of ether oxygens (including phenoxy) is 1. The number of benzene rings is 1. The molecule has 7 heteroatoms. The monoisotopic (exact) mass is 246 g/mol. The Morgan fingerprint density at radius 3 is 2.27 bits per heavy atom. The first kappa shape index (κ1) is 12.0. The summed E-state index contributed by atoms with van der Waals surface area (Å²) in [6, 6.07) is 2.80. The molecule has 0 aliphatic heterocycles. The zero-order chi connectivity index (χ0) is 11.6. The molecule has 84 valence electrons. The van der Waals surface area contributed by atoms with Gasteiger partial charge in [-0.15, -0.1) is 13.2 Å². The maximum absolute atomic E-state index is 12.2. The lowest BCUT2D eigenvalue weighted by Crippen LogP contribution is -2.17. The summed E-state index contributed by atoms with van der Waals surface area (Å²) in [7, 11) is 0. The Morgan fingerprint density at radius 2 is 1.80 bits per heavy atom. The van der Waals surface area contributed by atoms with Gasteiger partial charge in [-0.05, 0) is 6.07 Å². The average molecular weight is 247 g/mol. The van der Waals surface area contributed by atoms with Crippen molar-refractivity contribution >= 4 is 11.6 Å². The van der Waals surface area contributed by atoms with Crippen molar-refractivity contribution < 1.29 is 26.7 Å². The third-order valence-electron chi connectivity index (χ3n) is 1.45. The van der Waals surface area contributed by atoms with E-state index in [2.05, 4.69) is 4.74 Å². The summed E-state index contributed by atoms with van der Waals surface area (Å²) >= 11 is 5.30. The Balaban J connectivity index is 3.05.